The van der Waals surface area contributed by atoms with Crippen LogP contribution in [0, 0.1) is 3.01 Å². The van der Waals surface area contributed by atoms with Crippen LogP contribution in [0.1, 0.15) is 0 Å². The fraction of sp³-hybridized carbons (Fsp3) is 0. The van der Waals surface area contributed by atoms with E-state index in [0.29, 0.717) is 0 Å². The van der Waals surface area contributed by atoms with Gasteiger partial charge in [-0.3, -0.25) is 4.98 Å². The van der Waals surface area contributed by atoms with Crippen molar-refractivity contribution in [2.24, 2.45) is 0 Å². The SMILES string of the molecule is Ic1nnc(-c2cccnc2)s1. The first-order valence-electron chi connectivity index (χ1n) is 3.25. The Kier molecular flexibility index (Phi) is 2.31. The van der Waals surface area contributed by atoms with Crippen molar-refractivity contribution in [1.29, 1.82) is 0 Å². The summed E-state index contributed by atoms with van der Waals surface area (Å²) in [5, 5.41) is 8.85. The van der Waals surface area contributed by atoms with Crippen LogP contribution in [0.3, 0.4) is 0 Å². The van der Waals surface area contributed by atoms with Crippen LogP contribution in [0.25, 0.3) is 10.6 Å². The van der Waals surface area contributed by atoms with E-state index in [1.165, 1.54) is 0 Å². The second-order valence-electron chi connectivity index (χ2n) is 2.10. The third-order valence-electron chi connectivity index (χ3n) is 1.31. The third kappa shape index (κ3) is 1.61. The molecule has 2 heterocycles. The summed E-state index contributed by atoms with van der Waals surface area (Å²) in [6, 6.07) is 3.87. The van der Waals surface area contributed by atoms with Gasteiger partial charge in [0, 0.05) is 18.0 Å². The molecule has 0 aromatic carbocycles. The summed E-state index contributed by atoms with van der Waals surface area (Å²) in [6.07, 6.45) is 3.53. The average molecular weight is 289 g/mol. The van der Waals surface area contributed by atoms with E-state index in [2.05, 4.69) is 37.8 Å². The number of pyridine rings is 1. The normalized spacial score (nSPS) is 10.1. The van der Waals surface area contributed by atoms with E-state index in [1.54, 1.807) is 23.7 Å². The quantitative estimate of drug-likeness (QED) is 0.755. The maximum atomic E-state index is 4.01. The van der Waals surface area contributed by atoms with E-state index in [0.717, 1.165) is 13.6 Å². The van der Waals surface area contributed by atoms with Gasteiger partial charge in [-0.1, -0.05) is 11.3 Å². The van der Waals surface area contributed by atoms with Crippen LogP contribution in [-0.4, -0.2) is 15.2 Å². The summed E-state index contributed by atoms with van der Waals surface area (Å²) in [5.41, 5.74) is 1.03. The Labute approximate surface area is 87.0 Å². The van der Waals surface area contributed by atoms with Crippen molar-refractivity contribution >= 4 is 33.9 Å². The van der Waals surface area contributed by atoms with Crippen molar-refractivity contribution in [2.45, 2.75) is 0 Å². The first kappa shape index (κ1) is 8.06. The van der Waals surface area contributed by atoms with E-state index in [1.807, 2.05) is 12.1 Å². The van der Waals surface area contributed by atoms with Gasteiger partial charge in [-0.25, -0.2) is 0 Å². The number of aromatic nitrogens is 3. The van der Waals surface area contributed by atoms with Crippen LogP contribution in [0.5, 0.6) is 0 Å². The molecule has 0 saturated carbocycles. The fourth-order valence-corrected chi connectivity index (χ4v) is 2.11. The highest BCUT2D eigenvalue weighted by Gasteiger charge is 2.02. The van der Waals surface area contributed by atoms with Crippen LogP contribution in [0.2, 0.25) is 0 Å². The molecule has 0 bridgehead atoms. The molecule has 12 heavy (non-hydrogen) atoms. The van der Waals surface area contributed by atoms with Crippen LogP contribution >= 0.6 is 33.9 Å². The lowest BCUT2D eigenvalue weighted by Crippen LogP contribution is -1.77. The molecule has 0 aliphatic heterocycles. The summed E-state index contributed by atoms with van der Waals surface area (Å²) < 4.78 is 0.950. The van der Waals surface area contributed by atoms with Gasteiger partial charge < -0.3 is 0 Å². The van der Waals surface area contributed by atoms with E-state index in [9.17, 15) is 0 Å². The highest BCUT2D eigenvalue weighted by atomic mass is 127. The predicted molar refractivity (Wildman–Crippen MR) is 55.9 cm³/mol. The van der Waals surface area contributed by atoms with Crippen molar-refractivity contribution in [2.75, 3.05) is 0 Å². The maximum Gasteiger partial charge on any atom is 0.178 e. The Morgan fingerprint density at radius 1 is 1.33 bits per heavy atom. The minimum atomic E-state index is 0.924. The van der Waals surface area contributed by atoms with Crippen molar-refractivity contribution in [3.63, 3.8) is 0 Å². The van der Waals surface area contributed by atoms with Gasteiger partial charge in [-0.2, -0.15) is 0 Å². The van der Waals surface area contributed by atoms with Crippen molar-refractivity contribution < 1.29 is 0 Å². The Hall–Kier alpha value is -0.560. The molecule has 5 heteroatoms. The molecule has 0 radical (unpaired) electrons. The molecule has 2 rings (SSSR count). The monoisotopic (exact) mass is 289 g/mol. The molecule has 60 valence electrons. The second-order valence-corrected chi connectivity index (χ2v) is 4.83. The molecule has 2 aromatic rings. The fourth-order valence-electron chi connectivity index (χ4n) is 0.811. The lowest BCUT2D eigenvalue weighted by Gasteiger charge is -1.89. The zero-order valence-electron chi connectivity index (χ0n) is 5.94. The number of hydrogen-bond acceptors (Lipinski definition) is 4. The van der Waals surface area contributed by atoms with Gasteiger partial charge in [0.2, 0.25) is 0 Å². The Morgan fingerprint density at radius 2 is 2.25 bits per heavy atom. The first-order valence-corrected chi connectivity index (χ1v) is 5.15. The van der Waals surface area contributed by atoms with Crippen LogP contribution in [0.4, 0.5) is 0 Å². The van der Waals surface area contributed by atoms with Gasteiger partial charge in [0.05, 0.1) is 0 Å². The number of nitrogens with zero attached hydrogens (tertiary/aromatic N) is 3. The van der Waals surface area contributed by atoms with Gasteiger partial charge in [0.15, 0.2) is 3.01 Å². The predicted octanol–water partition coefficient (Wildman–Crippen LogP) is 2.20. The number of rotatable bonds is 1. The molecule has 0 aliphatic rings. The highest BCUT2D eigenvalue weighted by Crippen LogP contribution is 2.22. The summed E-state index contributed by atoms with van der Waals surface area (Å²) in [4.78, 5) is 4.01. The summed E-state index contributed by atoms with van der Waals surface area (Å²) in [7, 11) is 0. The van der Waals surface area contributed by atoms with E-state index < -0.39 is 0 Å². The van der Waals surface area contributed by atoms with Gasteiger partial charge in [-0.05, 0) is 34.7 Å². The van der Waals surface area contributed by atoms with E-state index >= 15 is 0 Å². The van der Waals surface area contributed by atoms with Crippen LogP contribution in [-0.2, 0) is 0 Å². The molecule has 0 unspecified atom stereocenters. The summed E-state index contributed by atoms with van der Waals surface area (Å²) >= 11 is 3.72. The Morgan fingerprint density at radius 3 is 2.83 bits per heavy atom. The Bertz CT molecular complexity index is 373. The molecule has 0 spiro atoms. The standard InChI is InChI=1S/C7H4IN3S/c8-7-11-10-6(12-7)5-2-1-3-9-4-5/h1-4H. The first-order chi connectivity index (χ1) is 5.86. The lowest BCUT2D eigenvalue weighted by molar-refractivity contribution is 1.07. The molecule has 0 amide bonds. The Balaban J connectivity index is 2.45. The largest absolute Gasteiger partial charge is 0.264 e. The van der Waals surface area contributed by atoms with Gasteiger partial charge in [-0.15, -0.1) is 10.2 Å². The highest BCUT2D eigenvalue weighted by molar-refractivity contribution is 14.1. The number of hydrogen-bond donors (Lipinski definition) is 0. The summed E-state index contributed by atoms with van der Waals surface area (Å²) in [5.74, 6) is 0. The lowest BCUT2D eigenvalue weighted by atomic mass is 10.3. The average Bonchev–Trinajstić information content (AvgIpc) is 2.54. The molecule has 0 saturated heterocycles. The molecular formula is C7H4IN3S. The smallest absolute Gasteiger partial charge is 0.178 e. The maximum absolute atomic E-state index is 4.01. The van der Waals surface area contributed by atoms with Crippen LogP contribution in [0.15, 0.2) is 24.5 Å². The summed E-state index contributed by atoms with van der Waals surface area (Å²) in [6.45, 7) is 0. The van der Waals surface area contributed by atoms with Crippen molar-refractivity contribution in [3.8, 4) is 10.6 Å². The minimum absolute atomic E-state index is 0.924. The van der Waals surface area contributed by atoms with Gasteiger partial charge in [0.1, 0.15) is 5.01 Å². The molecule has 0 aliphatic carbocycles. The molecular weight excluding hydrogens is 285 g/mol. The van der Waals surface area contributed by atoms with Crippen molar-refractivity contribution in [3.05, 3.63) is 27.5 Å². The third-order valence-corrected chi connectivity index (χ3v) is 2.95. The second kappa shape index (κ2) is 3.44. The molecule has 0 N–H and O–H groups in total. The zero-order valence-corrected chi connectivity index (χ0v) is 8.91. The molecule has 3 nitrogen and oxygen atoms in total. The van der Waals surface area contributed by atoms with E-state index in [-0.39, 0.29) is 0 Å². The molecule has 0 fully saturated rings. The van der Waals surface area contributed by atoms with E-state index in [4.69, 9.17) is 0 Å². The minimum Gasteiger partial charge on any atom is -0.264 e. The molecule has 0 atom stereocenters. The molecule has 2 aromatic heterocycles. The van der Waals surface area contributed by atoms with Crippen LogP contribution < -0.4 is 0 Å². The van der Waals surface area contributed by atoms with Crippen molar-refractivity contribution in [1.82, 2.24) is 15.2 Å². The zero-order chi connectivity index (χ0) is 8.39. The van der Waals surface area contributed by atoms with Gasteiger partial charge >= 0.3 is 0 Å². The van der Waals surface area contributed by atoms with Gasteiger partial charge in [0.25, 0.3) is 0 Å². The number of halogens is 1. The topological polar surface area (TPSA) is 38.7 Å².